The van der Waals surface area contributed by atoms with Crippen molar-refractivity contribution < 1.29 is 23.6 Å². The third-order valence-corrected chi connectivity index (χ3v) is 15.7. The van der Waals surface area contributed by atoms with Gasteiger partial charge < -0.3 is 35.6 Å². The standard InChI is InChI=1S/C53H71FN10O4/c1-33(2)57-51(67)40-29-44(42(54)25-35(40)5)59-50-49-45(56-32-63(49)34(3)4)30-43(58-50)37-13-14-41-46(26-37)64(39-27-38(28-39)61-19-9-6-10-20-61)52(68)53(41)17-23-62(24-18-53)48(66)31-60-21-15-36(16-22-60)11-7-8-12-47(55)65/h13-14,25-26,29-30,32-34,36,38-39H,6-12,15-24,27-28,31H2,1-5H3,(H2,55,65)(H,57,67)(H,58,59)/t38-,39+. The molecular formula is C53H71FN10O4. The van der Waals surface area contributed by atoms with Gasteiger partial charge in [-0.2, -0.15) is 0 Å². The quantitative estimate of drug-likeness (QED) is 0.100. The van der Waals surface area contributed by atoms with Gasteiger partial charge in [-0.1, -0.05) is 31.4 Å². The van der Waals surface area contributed by atoms with Gasteiger partial charge in [-0.05, 0) is 160 Å². The van der Waals surface area contributed by atoms with Crippen molar-refractivity contribution in [2.45, 2.75) is 148 Å². The molecule has 1 saturated carbocycles. The first-order valence-electron chi connectivity index (χ1n) is 25.5. The van der Waals surface area contributed by atoms with Crippen LogP contribution in [0, 0.1) is 18.7 Å². The van der Waals surface area contributed by atoms with Gasteiger partial charge in [0.05, 0.1) is 35.2 Å². The molecule has 4 fully saturated rings. The molecule has 4 aromatic rings. The Morgan fingerprint density at radius 1 is 0.912 bits per heavy atom. The van der Waals surface area contributed by atoms with E-state index in [-0.39, 0.29) is 47.4 Å². The van der Waals surface area contributed by atoms with Gasteiger partial charge >= 0.3 is 0 Å². The predicted molar refractivity (Wildman–Crippen MR) is 264 cm³/mol. The Kier molecular flexibility index (Phi) is 13.9. The van der Waals surface area contributed by atoms with Crippen molar-refractivity contribution in [2.75, 3.05) is 56.0 Å². The number of unbranched alkanes of at least 4 members (excludes halogenated alkanes) is 1. The van der Waals surface area contributed by atoms with Crippen LogP contribution in [0.1, 0.15) is 139 Å². The SMILES string of the molecule is Cc1cc(F)c(Nc2nc(-c3ccc4c(c3)N([C@H]3C[C@@H](N5CCCCC5)C3)C(=O)C43CCN(C(=O)CN4CCC(CCCCC(N)=O)CC4)CC3)cc3ncn(C(C)C)c23)cc1C(=O)NC(C)C. The van der Waals surface area contributed by atoms with Crippen LogP contribution in [0.3, 0.4) is 0 Å². The van der Waals surface area contributed by atoms with E-state index in [2.05, 4.69) is 51.3 Å². The Labute approximate surface area is 400 Å². The van der Waals surface area contributed by atoms with Crippen molar-refractivity contribution in [3.05, 3.63) is 65.2 Å². The number of nitrogens with one attached hydrogen (secondary N) is 2. The van der Waals surface area contributed by atoms with Gasteiger partial charge in [-0.15, -0.1) is 0 Å². The average molecular weight is 931 g/mol. The highest BCUT2D eigenvalue weighted by Crippen LogP contribution is 2.52. The number of carbonyl (C=O) groups is 4. The molecule has 15 heteroatoms. The minimum absolute atomic E-state index is 0.0343. The molecule has 4 amide bonds. The van der Waals surface area contributed by atoms with Crippen molar-refractivity contribution in [3.8, 4) is 11.3 Å². The molecule has 4 N–H and O–H groups in total. The Hall–Kier alpha value is -5.41. The van der Waals surface area contributed by atoms with Crippen LogP contribution < -0.4 is 21.3 Å². The molecule has 1 aliphatic carbocycles. The lowest BCUT2D eigenvalue weighted by Crippen LogP contribution is -2.58. The van der Waals surface area contributed by atoms with E-state index in [0.29, 0.717) is 84.5 Å². The molecule has 2 aromatic carbocycles. The van der Waals surface area contributed by atoms with Crippen LogP contribution in [0.5, 0.6) is 0 Å². The van der Waals surface area contributed by atoms with Crippen molar-refractivity contribution in [1.29, 1.82) is 0 Å². The summed E-state index contributed by atoms with van der Waals surface area (Å²) in [4.78, 5) is 72.4. The van der Waals surface area contributed by atoms with Crippen LogP contribution >= 0.6 is 0 Å². The van der Waals surface area contributed by atoms with Gasteiger partial charge in [0.15, 0.2) is 5.82 Å². The van der Waals surface area contributed by atoms with Crippen LogP contribution in [0.15, 0.2) is 42.7 Å². The molecule has 9 rings (SSSR count). The number of carbonyl (C=O) groups excluding carboxylic acids is 4. The van der Waals surface area contributed by atoms with Crippen LogP contribution in [-0.2, 0) is 19.8 Å². The number of hydrogen-bond donors (Lipinski definition) is 3. The lowest BCUT2D eigenvalue weighted by molar-refractivity contribution is -0.137. The number of rotatable bonds is 15. The number of aryl methyl sites for hydroxylation is 1. The number of halogens is 1. The molecule has 68 heavy (non-hydrogen) atoms. The summed E-state index contributed by atoms with van der Waals surface area (Å²) in [5.74, 6) is 0.291. The summed E-state index contributed by atoms with van der Waals surface area (Å²) in [6, 6.07) is 11.7. The monoisotopic (exact) mass is 931 g/mol. The Bertz CT molecular complexity index is 2530. The third-order valence-electron chi connectivity index (χ3n) is 15.7. The molecule has 3 saturated heterocycles. The number of nitrogens with two attached hydrogens (primary N) is 1. The maximum Gasteiger partial charge on any atom is 0.251 e. The highest BCUT2D eigenvalue weighted by Gasteiger charge is 2.56. The van der Waals surface area contributed by atoms with E-state index in [9.17, 15) is 14.4 Å². The summed E-state index contributed by atoms with van der Waals surface area (Å²) in [7, 11) is 0. The summed E-state index contributed by atoms with van der Waals surface area (Å²) >= 11 is 0. The van der Waals surface area contributed by atoms with Crippen molar-refractivity contribution in [3.63, 3.8) is 0 Å². The number of piperidine rings is 3. The Morgan fingerprint density at radius 2 is 1.65 bits per heavy atom. The van der Waals surface area contributed by atoms with Gasteiger partial charge in [-0.25, -0.2) is 14.4 Å². The van der Waals surface area contributed by atoms with Crippen LogP contribution in [0.2, 0.25) is 0 Å². The second-order valence-corrected chi connectivity index (χ2v) is 21.0. The second kappa shape index (κ2) is 19.9. The number of fused-ring (bicyclic) bond motifs is 3. The van der Waals surface area contributed by atoms with Crippen molar-refractivity contribution in [1.82, 2.24) is 34.6 Å². The maximum absolute atomic E-state index is 15.8. The van der Waals surface area contributed by atoms with Crippen molar-refractivity contribution in [2.24, 2.45) is 11.7 Å². The maximum atomic E-state index is 15.8. The van der Waals surface area contributed by atoms with E-state index in [1.165, 1.54) is 25.3 Å². The fourth-order valence-electron chi connectivity index (χ4n) is 11.7. The number of anilines is 3. The molecule has 0 bridgehead atoms. The van der Waals surface area contributed by atoms with Gasteiger partial charge in [-0.3, -0.25) is 24.1 Å². The van der Waals surface area contributed by atoms with E-state index in [1.54, 1.807) is 19.3 Å². The van der Waals surface area contributed by atoms with E-state index in [4.69, 9.17) is 15.7 Å². The highest BCUT2D eigenvalue weighted by atomic mass is 19.1. The minimum atomic E-state index is -0.726. The molecule has 14 nitrogen and oxygen atoms in total. The van der Waals surface area contributed by atoms with Crippen LogP contribution in [-0.4, -0.2) is 117 Å². The van der Waals surface area contributed by atoms with Gasteiger partial charge in [0.2, 0.25) is 17.7 Å². The normalized spacial score (nSPS) is 21.2. The molecule has 0 unspecified atom stereocenters. The minimum Gasteiger partial charge on any atom is -0.370 e. The number of amides is 4. The largest absolute Gasteiger partial charge is 0.370 e. The zero-order valence-electron chi connectivity index (χ0n) is 40.8. The molecule has 2 aromatic heterocycles. The molecule has 5 aliphatic rings. The zero-order valence-corrected chi connectivity index (χ0v) is 40.8. The van der Waals surface area contributed by atoms with E-state index >= 15 is 9.18 Å². The fraction of sp³-hybridized carbons (Fsp3) is 0.585. The molecule has 364 valence electrons. The molecular weight excluding hydrogens is 860 g/mol. The lowest BCUT2D eigenvalue weighted by atomic mass is 9.73. The number of pyridine rings is 1. The zero-order chi connectivity index (χ0) is 47.9. The third kappa shape index (κ3) is 9.61. The van der Waals surface area contributed by atoms with Gasteiger partial charge in [0.1, 0.15) is 11.3 Å². The number of benzene rings is 2. The number of primary amides is 1. The summed E-state index contributed by atoms with van der Waals surface area (Å²) in [5, 5.41) is 6.21. The first kappa shape index (κ1) is 47.6. The number of nitrogens with zero attached hydrogens (tertiary/aromatic N) is 7. The first-order chi connectivity index (χ1) is 32.7. The van der Waals surface area contributed by atoms with Crippen molar-refractivity contribution >= 4 is 51.9 Å². The summed E-state index contributed by atoms with van der Waals surface area (Å²) < 4.78 is 17.9. The Morgan fingerprint density at radius 3 is 2.34 bits per heavy atom. The number of aromatic nitrogens is 3. The first-order valence-corrected chi connectivity index (χ1v) is 25.5. The van der Waals surface area contributed by atoms with E-state index < -0.39 is 11.2 Å². The molecule has 4 aliphatic heterocycles. The summed E-state index contributed by atoms with van der Waals surface area (Å²) in [6.45, 7) is 15.1. The predicted octanol–water partition coefficient (Wildman–Crippen LogP) is 7.99. The average Bonchev–Trinajstić information content (AvgIpc) is 3.83. The smallest absolute Gasteiger partial charge is 0.251 e. The summed E-state index contributed by atoms with van der Waals surface area (Å²) in [5.41, 5.74) is 10.4. The van der Waals surface area contributed by atoms with Gasteiger partial charge in [0.25, 0.3) is 5.91 Å². The molecule has 6 heterocycles. The topological polar surface area (TPSA) is 162 Å². The molecule has 1 spiro atoms. The molecule has 0 atom stereocenters. The Balaban J connectivity index is 0.982. The summed E-state index contributed by atoms with van der Waals surface area (Å²) in [6.07, 6.45) is 14.0. The van der Waals surface area contributed by atoms with Gasteiger partial charge in [0, 0.05) is 60.5 Å². The van der Waals surface area contributed by atoms with E-state index in [1.807, 2.05) is 35.4 Å². The highest BCUT2D eigenvalue weighted by molar-refractivity contribution is 6.09. The number of likely N-dealkylation sites (tertiary alicyclic amines) is 3. The number of hydrogen-bond acceptors (Lipinski definition) is 9. The molecule has 0 radical (unpaired) electrons. The lowest BCUT2D eigenvalue weighted by Gasteiger charge is -2.48. The second-order valence-electron chi connectivity index (χ2n) is 21.0. The fourth-order valence-corrected chi connectivity index (χ4v) is 11.7. The van der Waals surface area contributed by atoms with Crippen LogP contribution in [0.25, 0.3) is 22.3 Å². The number of imidazole rings is 1. The van der Waals surface area contributed by atoms with Crippen LogP contribution in [0.4, 0.5) is 21.6 Å². The van der Waals surface area contributed by atoms with E-state index in [0.717, 1.165) is 87.9 Å².